The van der Waals surface area contributed by atoms with Gasteiger partial charge in [0, 0.05) is 5.56 Å². The molecule has 0 spiro atoms. The minimum absolute atomic E-state index is 0.0297. The van der Waals surface area contributed by atoms with Gasteiger partial charge in [0.15, 0.2) is 0 Å². The number of rotatable bonds is 7. The molecule has 6 nitrogen and oxygen atoms in total. The molecule has 1 atom stereocenters. The average Bonchev–Trinajstić information content (AvgIpc) is 3.13. The summed E-state index contributed by atoms with van der Waals surface area (Å²) in [6.45, 7) is 4.16. The molecule has 6 heteroatoms. The Kier molecular flexibility index (Phi) is 5.76. The molecule has 1 heterocycles. The molecule has 1 unspecified atom stereocenters. The quantitative estimate of drug-likeness (QED) is 0.705. The summed E-state index contributed by atoms with van der Waals surface area (Å²) in [5, 5.41) is 6.79. The van der Waals surface area contributed by atoms with E-state index in [1.165, 1.54) is 0 Å². The van der Waals surface area contributed by atoms with Crippen molar-refractivity contribution in [2.24, 2.45) is 0 Å². The maximum absolute atomic E-state index is 12.0. The molecule has 0 saturated heterocycles. The molecule has 0 aliphatic carbocycles. The molecule has 1 aromatic heterocycles. The Bertz CT molecular complexity index is 862. The van der Waals surface area contributed by atoms with E-state index in [1.807, 2.05) is 61.5 Å². The largest absolute Gasteiger partial charge is 0.367 e. The molecule has 26 heavy (non-hydrogen) atoms. The summed E-state index contributed by atoms with van der Waals surface area (Å²) in [6.07, 6.45) is 0. The first-order valence-corrected chi connectivity index (χ1v) is 8.43. The first-order valence-electron chi connectivity index (χ1n) is 8.43. The van der Waals surface area contributed by atoms with Gasteiger partial charge in [-0.25, -0.2) is 0 Å². The van der Waals surface area contributed by atoms with Crippen LogP contribution in [0, 0.1) is 6.92 Å². The number of amides is 1. The highest BCUT2D eigenvalue weighted by Crippen LogP contribution is 2.19. The van der Waals surface area contributed by atoms with Gasteiger partial charge in [0.25, 0.3) is 0 Å². The summed E-state index contributed by atoms with van der Waals surface area (Å²) in [5.74, 6) is 0.631. The van der Waals surface area contributed by atoms with Gasteiger partial charge in [0.2, 0.25) is 17.6 Å². The van der Waals surface area contributed by atoms with Crippen LogP contribution in [0.15, 0.2) is 59.1 Å². The summed E-state index contributed by atoms with van der Waals surface area (Å²) >= 11 is 0. The van der Waals surface area contributed by atoms with Gasteiger partial charge in [-0.15, -0.1) is 0 Å². The summed E-state index contributed by atoms with van der Waals surface area (Å²) in [6, 6.07) is 17.2. The molecule has 3 aromatic rings. The molecule has 134 valence electrons. The van der Waals surface area contributed by atoms with Gasteiger partial charge in [0.1, 0.15) is 12.6 Å². The zero-order chi connectivity index (χ0) is 18.4. The molecular formula is C20H21N3O3. The van der Waals surface area contributed by atoms with Gasteiger partial charge in [-0.05, 0) is 25.5 Å². The Morgan fingerprint density at radius 3 is 2.77 bits per heavy atom. The molecule has 2 aromatic carbocycles. The molecule has 1 N–H and O–H groups in total. The molecule has 0 fully saturated rings. The number of benzene rings is 2. The first kappa shape index (κ1) is 17.8. The highest BCUT2D eigenvalue weighted by Gasteiger charge is 2.17. The zero-order valence-electron chi connectivity index (χ0n) is 14.8. The summed E-state index contributed by atoms with van der Waals surface area (Å²) in [5.41, 5.74) is 3.02. The minimum atomic E-state index is -0.395. The second-order valence-electron chi connectivity index (χ2n) is 6.09. The third-order valence-electron chi connectivity index (χ3n) is 3.81. The number of aryl methyl sites for hydroxylation is 1. The third-order valence-corrected chi connectivity index (χ3v) is 3.81. The molecular weight excluding hydrogens is 330 g/mol. The van der Waals surface area contributed by atoms with Gasteiger partial charge in [0.05, 0.1) is 6.61 Å². The molecule has 0 aliphatic rings. The van der Waals surface area contributed by atoms with Crippen molar-refractivity contribution in [3.63, 3.8) is 0 Å². The highest BCUT2D eigenvalue weighted by atomic mass is 16.5. The van der Waals surface area contributed by atoms with Crippen molar-refractivity contribution >= 4 is 5.91 Å². The lowest BCUT2D eigenvalue weighted by Crippen LogP contribution is -2.30. The van der Waals surface area contributed by atoms with E-state index in [-0.39, 0.29) is 12.5 Å². The Balaban J connectivity index is 1.51. The second kappa shape index (κ2) is 8.40. The van der Waals surface area contributed by atoms with Crippen molar-refractivity contribution in [2.45, 2.75) is 26.5 Å². The Morgan fingerprint density at radius 1 is 1.19 bits per heavy atom. The van der Waals surface area contributed by atoms with Crippen LogP contribution in [0.25, 0.3) is 11.4 Å². The Morgan fingerprint density at radius 2 is 2.00 bits per heavy atom. The Labute approximate surface area is 152 Å². The van der Waals surface area contributed by atoms with Crippen molar-refractivity contribution in [3.05, 3.63) is 71.6 Å². The lowest BCUT2D eigenvalue weighted by Gasteiger charge is -2.10. The van der Waals surface area contributed by atoms with E-state index in [4.69, 9.17) is 9.26 Å². The summed E-state index contributed by atoms with van der Waals surface area (Å²) in [4.78, 5) is 16.4. The standard InChI is InChI=1S/C20H21N3O3/c1-14-7-6-10-17(11-14)19-22-20(26-23-19)15(2)21-18(24)13-25-12-16-8-4-3-5-9-16/h3-11,15H,12-13H2,1-2H3,(H,21,24). The fourth-order valence-electron chi connectivity index (χ4n) is 2.49. The van der Waals surface area contributed by atoms with E-state index < -0.39 is 6.04 Å². The van der Waals surface area contributed by atoms with Crippen LogP contribution >= 0.6 is 0 Å². The van der Waals surface area contributed by atoms with E-state index in [1.54, 1.807) is 6.92 Å². The van der Waals surface area contributed by atoms with E-state index in [0.717, 1.165) is 16.7 Å². The first-order chi connectivity index (χ1) is 12.6. The van der Waals surface area contributed by atoms with Crippen molar-refractivity contribution in [2.75, 3.05) is 6.61 Å². The predicted octanol–water partition coefficient (Wildman–Crippen LogP) is 3.44. The number of nitrogens with zero attached hydrogens (tertiary/aromatic N) is 2. The lowest BCUT2D eigenvalue weighted by atomic mass is 10.1. The van der Waals surface area contributed by atoms with Crippen molar-refractivity contribution in [1.82, 2.24) is 15.5 Å². The number of nitrogens with one attached hydrogen (secondary N) is 1. The van der Waals surface area contributed by atoms with Crippen molar-refractivity contribution in [3.8, 4) is 11.4 Å². The maximum Gasteiger partial charge on any atom is 0.249 e. The van der Waals surface area contributed by atoms with E-state index in [9.17, 15) is 4.79 Å². The predicted molar refractivity (Wildman–Crippen MR) is 97.1 cm³/mol. The molecule has 0 aliphatic heterocycles. The number of ether oxygens (including phenoxy) is 1. The summed E-state index contributed by atoms with van der Waals surface area (Å²) in [7, 11) is 0. The van der Waals surface area contributed by atoms with Crippen molar-refractivity contribution < 1.29 is 14.1 Å². The second-order valence-corrected chi connectivity index (χ2v) is 6.09. The van der Waals surface area contributed by atoms with Gasteiger partial charge in [-0.2, -0.15) is 4.98 Å². The van der Waals surface area contributed by atoms with Gasteiger partial charge in [-0.1, -0.05) is 59.3 Å². The number of aromatic nitrogens is 2. The van der Waals surface area contributed by atoms with Crippen LogP contribution in [0.4, 0.5) is 0 Å². The third kappa shape index (κ3) is 4.77. The molecule has 0 radical (unpaired) electrons. The number of carbonyl (C=O) groups is 1. The average molecular weight is 351 g/mol. The number of carbonyl (C=O) groups excluding carboxylic acids is 1. The van der Waals surface area contributed by atoms with Crippen LogP contribution in [0.1, 0.15) is 30.0 Å². The van der Waals surface area contributed by atoms with Crippen LogP contribution in [-0.2, 0) is 16.1 Å². The normalized spacial score (nSPS) is 11.9. The fourth-order valence-corrected chi connectivity index (χ4v) is 2.49. The van der Waals surface area contributed by atoms with Crippen LogP contribution in [-0.4, -0.2) is 22.7 Å². The van der Waals surface area contributed by atoms with Gasteiger partial charge < -0.3 is 14.6 Å². The van der Waals surface area contributed by atoms with E-state index in [2.05, 4.69) is 15.5 Å². The monoisotopic (exact) mass is 351 g/mol. The smallest absolute Gasteiger partial charge is 0.249 e. The van der Waals surface area contributed by atoms with Crippen molar-refractivity contribution in [1.29, 1.82) is 0 Å². The molecule has 3 rings (SSSR count). The number of hydrogen-bond donors (Lipinski definition) is 1. The minimum Gasteiger partial charge on any atom is -0.367 e. The van der Waals surface area contributed by atoms with Crippen LogP contribution in [0.3, 0.4) is 0 Å². The van der Waals surface area contributed by atoms with Crippen LogP contribution < -0.4 is 5.32 Å². The van der Waals surface area contributed by atoms with Crippen LogP contribution in [0.5, 0.6) is 0 Å². The highest BCUT2D eigenvalue weighted by molar-refractivity contribution is 5.77. The van der Waals surface area contributed by atoms with Crippen LogP contribution in [0.2, 0.25) is 0 Å². The zero-order valence-corrected chi connectivity index (χ0v) is 14.8. The molecule has 0 bridgehead atoms. The number of hydrogen-bond acceptors (Lipinski definition) is 5. The Hall–Kier alpha value is -2.99. The van der Waals surface area contributed by atoms with E-state index in [0.29, 0.717) is 18.3 Å². The SMILES string of the molecule is Cc1cccc(-c2noc(C(C)NC(=O)COCc3ccccc3)n2)c1. The molecule has 0 saturated carbocycles. The topological polar surface area (TPSA) is 77.2 Å². The molecule has 1 amide bonds. The van der Waals surface area contributed by atoms with Gasteiger partial charge >= 0.3 is 0 Å². The lowest BCUT2D eigenvalue weighted by molar-refractivity contribution is -0.126. The van der Waals surface area contributed by atoms with Gasteiger partial charge in [-0.3, -0.25) is 4.79 Å². The van der Waals surface area contributed by atoms with E-state index >= 15 is 0 Å². The maximum atomic E-state index is 12.0. The summed E-state index contributed by atoms with van der Waals surface area (Å²) < 4.78 is 10.7. The fraction of sp³-hybridized carbons (Fsp3) is 0.250.